The summed E-state index contributed by atoms with van der Waals surface area (Å²) in [6, 6.07) is 19.8. The average molecular weight is 309 g/mol. The fourth-order valence-electron chi connectivity index (χ4n) is 2.72. The minimum Gasteiger partial charge on any atom is -0.451 e. The topological polar surface area (TPSA) is 46.7 Å². The molecule has 0 fully saturated rings. The van der Waals surface area contributed by atoms with Crippen molar-refractivity contribution in [2.24, 2.45) is 0 Å². The highest BCUT2D eigenvalue weighted by Crippen LogP contribution is 2.18. The van der Waals surface area contributed by atoms with Crippen LogP contribution in [0.5, 0.6) is 0 Å². The van der Waals surface area contributed by atoms with Crippen molar-refractivity contribution < 1.29 is 14.1 Å². The van der Waals surface area contributed by atoms with Gasteiger partial charge in [-0.25, -0.2) is 0 Å². The highest BCUT2D eigenvalue weighted by Gasteiger charge is 2.20. The van der Waals surface area contributed by atoms with Gasteiger partial charge in [0, 0.05) is 10.9 Å². The third kappa shape index (κ3) is 3.43. The van der Waals surface area contributed by atoms with Gasteiger partial charge < -0.3 is 14.6 Å². The molecular formula is C19H21N2O2+. The van der Waals surface area contributed by atoms with Crippen LogP contribution < -0.4 is 10.2 Å². The molecule has 0 aliphatic carbocycles. The van der Waals surface area contributed by atoms with Crippen molar-refractivity contribution in [2.45, 2.75) is 6.04 Å². The van der Waals surface area contributed by atoms with Gasteiger partial charge in [0.25, 0.3) is 5.91 Å². The van der Waals surface area contributed by atoms with Gasteiger partial charge in [-0.3, -0.25) is 4.79 Å². The van der Waals surface area contributed by atoms with E-state index in [1.807, 2.05) is 42.5 Å². The number of carbonyl (C=O) groups is 1. The fourth-order valence-corrected chi connectivity index (χ4v) is 2.72. The minimum absolute atomic E-state index is 0.177. The van der Waals surface area contributed by atoms with Crippen molar-refractivity contribution in [3.63, 3.8) is 0 Å². The summed E-state index contributed by atoms with van der Waals surface area (Å²) in [4.78, 5) is 13.6. The van der Waals surface area contributed by atoms with E-state index in [1.54, 1.807) is 6.07 Å². The quantitative estimate of drug-likeness (QED) is 0.758. The molecule has 0 saturated heterocycles. The van der Waals surface area contributed by atoms with Crippen molar-refractivity contribution in [2.75, 3.05) is 20.6 Å². The summed E-state index contributed by atoms with van der Waals surface area (Å²) in [6.45, 7) is 0.558. The molecule has 0 spiro atoms. The Morgan fingerprint density at radius 2 is 1.78 bits per heavy atom. The molecule has 1 aromatic heterocycles. The molecule has 23 heavy (non-hydrogen) atoms. The highest BCUT2D eigenvalue weighted by atomic mass is 16.3. The lowest BCUT2D eigenvalue weighted by molar-refractivity contribution is -0.890. The summed E-state index contributed by atoms with van der Waals surface area (Å²) >= 11 is 0. The molecule has 118 valence electrons. The molecule has 3 rings (SSSR count). The Balaban J connectivity index is 1.71. The van der Waals surface area contributed by atoms with E-state index in [4.69, 9.17) is 4.42 Å². The minimum atomic E-state index is -0.177. The number of nitrogens with one attached hydrogen (secondary N) is 2. The van der Waals surface area contributed by atoms with Gasteiger partial charge in [-0.15, -0.1) is 0 Å². The van der Waals surface area contributed by atoms with Crippen LogP contribution in [0.15, 0.2) is 65.1 Å². The maximum atomic E-state index is 12.4. The second-order valence-corrected chi connectivity index (χ2v) is 5.90. The van der Waals surface area contributed by atoms with E-state index in [2.05, 4.69) is 31.5 Å². The van der Waals surface area contributed by atoms with E-state index in [-0.39, 0.29) is 11.9 Å². The summed E-state index contributed by atoms with van der Waals surface area (Å²) in [5.74, 6) is 0.176. The number of benzene rings is 2. The number of fused-ring (bicyclic) bond motifs is 1. The Kier molecular flexibility index (Phi) is 4.44. The van der Waals surface area contributed by atoms with E-state index in [0.29, 0.717) is 12.3 Å². The first-order chi connectivity index (χ1) is 11.1. The first-order valence-corrected chi connectivity index (χ1v) is 7.77. The predicted octanol–water partition coefficient (Wildman–Crippen LogP) is 2.05. The largest absolute Gasteiger partial charge is 0.451 e. The third-order valence-electron chi connectivity index (χ3n) is 4.01. The standard InChI is InChI=1S/C19H20N2O2/c1-21(2)16(14-8-4-3-5-9-14)13-20-19(22)18-12-15-10-6-7-11-17(15)23-18/h3-12,16H,13H2,1-2H3,(H,20,22)/p+1/t16-/m0/s1. The third-order valence-corrected chi connectivity index (χ3v) is 4.01. The lowest BCUT2D eigenvalue weighted by atomic mass is 10.1. The molecule has 1 heterocycles. The number of likely N-dealkylation sites (N-methyl/N-ethyl adjacent to an activating group) is 1. The summed E-state index contributed by atoms with van der Waals surface area (Å²) in [5.41, 5.74) is 1.94. The number of amides is 1. The molecule has 4 nitrogen and oxygen atoms in total. The Morgan fingerprint density at radius 1 is 1.09 bits per heavy atom. The second kappa shape index (κ2) is 6.67. The lowest BCUT2D eigenvalue weighted by Crippen LogP contribution is -3.07. The van der Waals surface area contributed by atoms with Crippen molar-refractivity contribution in [3.8, 4) is 0 Å². The smallest absolute Gasteiger partial charge is 0.287 e. The zero-order chi connectivity index (χ0) is 16.2. The van der Waals surface area contributed by atoms with Crippen LogP contribution in [0.4, 0.5) is 0 Å². The maximum absolute atomic E-state index is 12.4. The van der Waals surface area contributed by atoms with Gasteiger partial charge in [-0.05, 0) is 12.1 Å². The van der Waals surface area contributed by atoms with Gasteiger partial charge in [-0.1, -0.05) is 48.5 Å². The first kappa shape index (κ1) is 15.3. The van der Waals surface area contributed by atoms with E-state index in [0.717, 1.165) is 11.0 Å². The molecule has 0 aliphatic heterocycles. The molecule has 0 radical (unpaired) electrons. The number of furan rings is 1. The van der Waals surface area contributed by atoms with Crippen molar-refractivity contribution >= 4 is 16.9 Å². The van der Waals surface area contributed by atoms with E-state index in [1.165, 1.54) is 10.5 Å². The van der Waals surface area contributed by atoms with Crippen LogP contribution in [0.3, 0.4) is 0 Å². The molecule has 2 N–H and O–H groups in total. The van der Waals surface area contributed by atoms with Gasteiger partial charge >= 0.3 is 0 Å². The van der Waals surface area contributed by atoms with Crippen LogP contribution >= 0.6 is 0 Å². The zero-order valence-corrected chi connectivity index (χ0v) is 13.4. The Bertz CT molecular complexity index is 760. The number of para-hydroxylation sites is 1. The molecule has 4 heteroatoms. The first-order valence-electron chi connectivity index (χ1n) is 7.77. The highest BCUT2D eigenvalue weighted by molar-refractivity contribution is 5.96. The van der Waals surface area contributed by atoms with E-state index in [9.17, 15) is 4.79 Å². The Hall–Kier alpha value is -2.59. The summed E-state index contributed by atoms with van der Waals surface area (Å²) < 4.78 is 5.61. The second-order valence-electron chi connectivity index (χ2n) is 5.90. The summed E-state index contributed by atoms with van der Waals surface area (Å²) in [7, 11) is 4.18. The molecule has 1 atom stereocenters. The predicted molar refractivity (Wildman–Crippen MR) is 90.5 cm³/mol. The average Bonchev–Trinajstić information content (AvgIpc) is 2.99. The van der Waals surface area contributed by atoms with Crippen molar-refractivity contribution in [1.29, 1.82) is 0 Å². The summed E-state index contributed by atoms with van der Waals surface area (Å²) in [5, 5.41) is 3.93. The molecule has 1 amide bonds. The summed E-state index contributed by atoms with van der Waals surface area (Å²) in [6.07, 6.45) is 0. The van der Waals surface area contributed by atoms with E-state index < -0.39 is 0 Å². The van der Waals surface area contributed by atoms with Gasteiger partial charge in [0.2, 0.25) is 0 Å². The number of hydrogen-bond acceptors (Lipinski definition) is 2. The van der Waals surface area contributed by atoms with Crippen molar-refractivity contribution in [3.05, 3.63) is 72.0 Å². The maximum Gasteiger partial charge on any atom is 0.287 e. The fraction of sp³-hybridized carbons (Fsp3) is 0.211. The van der Waals surface area contributed by atoms with Crippen LogP contribution in [-0.4, -0.2) is 26.5 Å². The van der Waals surface area contributed by atoms with Crippen LogP contribution in [-0.2, 0) is 0 Å². The monoisotopic (exact) mass is 309 g/mol. The van der Waals surface area contributed by atoms with Crippen LogP contribution in [0, 0.1) is 0 Å². The van der Waals surface area contributed by atoms with Crippen molar-refractivity contribution in [1.82, 2.24) is 5.32 Å². The van der Waals surface area contributed by atoms with Crippen LogP contribution in [0.25, 0.3) is 11.0 Å². The van der Waals surface area contributed by atoms with Gasteiger partial charge in [0.15, 0.2) is 5.76 Å². The Morgan fingerprint density at radius 3 is 2.48 bits per heavy atom. The number of carbonyl (C=O) groups excluding carboxylic acids is 1. The van der Waals surface area contributed by atoms with Gasteiger partial charge in [0.05, 0.1) is 20.6 Å². The molecule has 0 unspecified atom stereocenters. The molecule has 0 bridgehead atoms. The molecule has 3 aromatic rings. The van der Waals surface area contributed by atoms with Gasteiger partial charge in [-0.2, -0.15) is 0 Å². The molecule has 2 aromatic carbocycles. The number of quaternary nitrogens is 1. The lowest BCUT2D eigenvalue weighted by Gasteiger charge is -2.21. The Labute approximate surface area is 135 Å². The van der Waals surface area contributed by atoms with Crippen LogP contribution in [0.1, 0.15) is 22.2 Å². The SMILES string of the molecule is C[NH+](C)[C@@H](CNC(=O)c1cc2ccccc2o1)c1ccccc1. The number of rotatable bonds is 5. The zero-order valence-electron chi connectivity index (χ0n) is 13.4. The molecule has 0 saturated carbocycles. The van der Waals surface area contributed by atoms with E-state index >= 15 is 0 Å². The normalized spacial score (nSPS) is 12.5. The molecular weight excluding hydrogens is 288 g/mol. The van der Waals surface area contributed by atoms with Gasteiger partial charge in [0.1, 0.15) is 11.6 Å². The van der Waals surface area contributed by atoms with Crippen LogP contribution in [0.2, 0.25) is 0 Å². The molecule has 0 aliphatic rings. The number of hydrogen-bond donors (Lipinski definition) is 2.